The molecule has 27 heteroatoms. The summed E-state index contributed by atoms with van der Waals surface area (Å²) in [6, 6.07) is 19.0. The third-order valence-corrected chi connectivity index (χ3v) is 17.9. The monoisotopic (exact) mass is 1280 g/mol. The fourth-order valence-electron chi connectivity index (χ4n) is 9.35. The van der Waals surface area contributed by atoms with Gasteiger partial charge < -0.3 is 43.6 Å². The molecule has 83 heavy (non-hydrogen) atoms. The number of pyridine rings is 4. The molecule has 0 radical (unpaired) electrons. The lowest BCUT2D eigenvalue weighted by Crippen LogP contribution is -2.52. The van der Waals surface area contributed by atoms with Crippen molar-refractivity contribution in [2.45, 2.75) is 81.5 Å². The molecule has 0 spiro atoms. The molecule has 2 unspecified atom stereocenters. The smallest absolute Gasteiger partial charge is 0.454 e. The summed E-state index contributed by atoms with van der Waals surface area (Å²) in [4.78, 5) is 54.5. The average molecular weight is 1280 g/mol. The number of aliphatic hydroxyl groups is 1. The van der Waals surface area contributed by atoms with Gasteiger partial charge in [-0.15, -0.1) is 50.1 Å². The lowest BCUT2D eigenvalue weighted by atomic mass is 9.74. The van der Waals surface area contributed by atoms with E-state index < -0.39 is 52.8 Å². The minimum Gasteiger partial charge on any atom is -0.454 e. The maximum atomic E-state index is 14.2. The van der Waals surface area contributed by atoms with E-state index in [0.717, 1.165) is 45.4 Å². The van der Waals surface area contributed by atoms with Gasteiger partial charge in [0.15, 0.2) is 34.0 Å². The predicted molar refractivity (Wildman–Crippen MR) is 314 cm³/mol. The van der Waals surface area contributed by atoms with Gasteiger partial charge in [0.05, 0.1) is 47.4 Å². The van der Waals surface area contributed by atoms with Gasteiger partial charge in [-0.1, -0.05) is 86.8 Å². The van der Waals surface area contributed by atoms with Gasteiger partial charge in [-0.3, -0.25) is 19.2 Å². The number of hydrogen-bond donors (Lipinski definition) is 4. The highest BCUT2D eigenvalue weighted by Crippen LogP contribution is 2.56. The molecule has 10 aromatic rings. The van der Waals surface area contributed by atoms with Crippen LogP contribution in [0, 0.1) is 6.61 Å². The largest absolute Gasteiger partial charge is 0.469 e. The van der Waals surface area contributed by atoms with E-state index in [1.54, 1.807) is 81.7 Å². The van der Waals surface area contributed by atoms with E-state index in [0.29, 0.717) is 43.5 Å². The minimum atomic E-state index is -4.95. The Hall–Kier alpha value is -6.48. The molecule has 3 aliphatic rings. The Balaban J connectivity index is 0.000000135. The van der Waals surface area contributed by atoms with E-state index in [1.807, 2.05) is 34.3 Å². The number of benzene rings is 2. The van der Waals surface area contributed by atoms with Crippen molar-refractivity contribution in [1.82, 2.24) is 19.5 Å². The van der Waals surface area contributed by atoms with Crippen LogP contribution in [-0.4, -0.2) is 61.8 Å². The van der Waals surface area contributed by atoms with Gasteiger partial charge in [-0.2, -0.15) is 26.3 Å². The van der Waals surface area contributed by atoms with Crippen LogP contribution >= 0.6 is 80.1 Å². The zero-order valence-corrected chi connectivity index (χ0v) is 49.2. The number of nitrogens with one attached hydrogen (secondary N) is 3. The SMILES string of the molecule is CC(C)(CC(O)(Cn1cc(Cl)c(=O)c2sccc21)C(F)(F)F)c1cccc2c1OCO2.CC(C)(CC1(C(F)(F)F)[CH+]O1)c1cccc2c1OCO2.O=c1c(Cl)c[nH]c2ccsc12.O=c1c(Cl)c[nH]c2ccsc12.O=c1cc[nH]c2ccsc12. The van der Waals surface area contributed by atoms with E-state index in [2.05, 4.69) is 19.7 Å². The molecule has 0 aliphatic carbocycles. The zero-order chi connectivity index (χ0) is 59.9. The van der Waals surface area contributed by atoms with Crippen LogP contribution in [0.5, 0.6) is 23.0 Å². The Kier molecular flexibility index (Phi) is 17.6. The van der Waals surface area contributed by atoms with E-state index in [9.17, 15) is 50.6 Å². The first-order valence-corrected chi connectivity index (χ1v) is 29.2. The summed E-state index contributed by atoms with van der Waals surface area (Å²) >= 11 is 22.5. The number of rotatable bonds is 8. The molecule has 13 rings (SSSR count). The van der Waals surface area contributed by atoms with Gasteiger partial charge in [-0.05, 0) is 69.8 Å². The van der Waals surface area contributed by atoms with Gasteiger partial charge in [0.25, 0.3) is 6.61 Å². The van der Waals surface area contributed by atoms with Crippen LogP contribution in [0.15, 0.2) is 132 Å². The number of alkyl halides is 6. The molecule has 0 amide bonds. The number of aromatic amines is 3. The van der Waals surface area contributed by atoms with Crippen molar-refractivity contribution >= 4 is 121 Å². The summed E-state index contributed by atoms with van der Waals surface area (Å²) in [6.45, 7) is 6.82. The number of aromatic nitrogens is 4. The maximum absolute atomic E-state index is 14.2. The van der Waals surface area contributed by atoms with Crippen LogP contribution in [0.2, 0.25) is 15.1 Å². The number of hydrogen-bond acceptors (Lipinski definition) is 14. The Morgan fingerprint density at radius 1 is 0.614 bits per heavy atom. The predicted octanol–water partition coefficient (Wildman–Crippen LogP) is 14.8. The molecule has 436 valence electrons. The normalized spacial score (nSPS) is 15.9. The molecular weight excluding hydrogens is 1240 g/mol. The molecule has 1 fully saturated rings. The second-order valence-electron chi connectivity index (χ2n) is 20.2. The first-order valence-electron chi connectivity index (χ1n) is 24.6. The van der Waals surface area contributed by atoms with Crippen molar-refractivity contribution < 1.29 is 55.1 Å². The number of para-hydroxylation sites is 2. The lowest BCUT2D eigenvalue weighted by molar-refractivity contribution is -0.271. The Labute approximate surface area is 497 Å². The lowest BCUT2D eigenvalue weighted by Gasteiger charge is -2.38. The molecule has 0 saturated carbocycles. The van der Waals surface area contributed by atoms with Gasteiger partial charge in [0, 0.05) is 53.8 Å². The first-order chi connectivity index (χ1) is 39.1. The maximum Gasteiger partial charge on any atom is 0.469 e. The summed E-state index contributed by atoms with van der Waals surface area (Å²) in [5, 5.41) is 18.5. The van der Waals surface area contributed by atoms with E-state index >= 15 is 0 Å². The van der Waals surface area contributed by atoms with E-state index in [-0.39, 0.29) is 61.6 Å². The molecular formula is C56H46Cl3F6N4O10S4+. The van der Waals surface area contributed by atoms with Crippen molar-refractivity contribution in [1.29, 1.82) is 0 Å². The number of epoxide rings is 1. The molecule has 11 heterocycles. The van der Waals surface area contributed by atoms with Crippen molar-refractivity contribution in [2.24, 2.45) is 0 Å². The Morgan fingerprint density at radius 2 is 1.08 bits per heavy atom. The molecule has 4 N–H and O–H groups in total. The standard InChI is InChI=1S/C21H19ClF3NO4S.C14H14F3O3.2C7H4ClNOS.C7H5NOS/c1-19(2,12-4-3-5-15-17(12)30-11-29-15)9-20(28,21(23,24)25)10-26-8-13(22)16(27)18-14(26)6-7-31-18;1-12(2,6-13(7-20-13)14(15,16)17)9-4-3-5-10-11(9)19-8-18-10;2*8-4-3-9-5-1-2-11-7(5)6(4)10;9-6-1-3-8-5-2-4-10-7(5)6/h3-8,28H,9-11H2,1-2H3;3-5,7H,6,8H2,1-2H3;2*1-3H,(H,9,10);1-4H,(H,8,9)/q;+1;;;. The van der Waals surface area contributed by atoms with Crippen LogP contribution in [0.4, 0.5) is 26.3 Å². The highest BCUT2D eigenvalue weighted by molar-refractivity contribution is 7.18. The van der Waals surface area contributed by atoms with Crippen LogP contribution in [0.25, 0.3) is 40.9 Å². The molecule has 2 atom stereocenters. The molecule has 0 bridgehead atoms. The third kappa shape index (κ3) is 13.0. The summed E-state index contributed by atoms with van der Waals surface area (Å²) in [7, 11) is 0. The molecule has 8 aromatic heterocycles. The van der Waals surface area contributed by atoms with Crippen molar-refractivity contribution in [3.63, 3.8) is 0 Å². The second kappa shape index (κ2) is 23.9. The summed E-state index contributed by atoms with van der Waals surface area (Å²) < 4.78 is 111. The first kappa shape index (κ1) is 61.1. The number of thiophene rings is 4. The molecule has 3 aliphatic heterocycles. The van der Waals surface area contributed by atoms with Gasteiger partial charge in [0.2, 0.25) is 29.9 Å². The molecule has 2 aromatic carbocycles. The summed E-state index contributed by atoms with van der Waals surface area (Å²) in [5.41, 5.74) is -3.54. The quantitative estimate of drug-likeness (QED) is 0.0647. The highest BCUT2D eigenvalue weighted by atomic mass is 35.5. The zero-order valence-electron chi connectivity index (χ0n) is 43.7. The topological polar surface area (TPSA) is 190 Å². The number of H-pyrrole nitrogens is 3. The summed E-state index contributed by atoms with van der Waals surface area (Å²) in [5.74, 6) is 1.92. The minimum absolute atomic E-state index is 0.0159. The summed E-state index contributed by atoms with van der Waals surface area (Å²) in [6.07, 6.45) is -4.37. The van der Waals surface area contributed by atoms with Gasteiger partial charge >= 0.3 is 18.0 Å². The number of fused-ring (bicyclic) bond motifs is 6. The van der Waals surface area contributed by atoms with Crippen LogP contribution in [0.1, 0.15) is 51.7 Å². The average Bonchev–Trinajstić information content (AvgIpc) is 4.39. The van der Waals surface area contributed by atoms with Crippen LogP contribution in [-0.2, 0) is 22.1 Å². The fraction of sp³-hybridized carbons (Fsp3) is 0.268. The van der Waals surface area contributed by atoms with Gasteiger partial charge in [-0.25, -0.2) is 0 Å². The van der Waals surface area contributed by atoms with E-state index in [1.165, 1.54) is 57.0 Å². The van der Waals surface area contributed by atoms with E-state index in [4.69, 9.17) is 53.8 Å². The fourth-order valence-corrected chi connectivity index (χ4v) is 13.3. The van der Waals surface area contributed by atoms with Crippen LogP contribution in [0.3, 0.4) is 0 Å². The Bertz CT molecular complexity index is 4150. The van der Waals surface area contributed by atoms with Crippen molar-refractivity contribution in [2.75, 3.05) is 13.6 Å². The van der Waals surface area contributed by atoms with Crippen molar-refractivity contribution in [3.05, 3.63) is 187 Å². The van der Waals surface area contributed by atoms with Crippen LogP contribution < -0.4 is 40.7 Å². The van der Waals surface area contributed by atoms with Gasteiger partial charge in [0.1, 0.15) is 15.1 Å². The second-order valence-corrected chi connectivity index (χ2v) is 25.1. The molecule has 14 nitrogen and oxygen atoms in total. The number of nitrogens with zero attached hydrogens (tertiary/aromatic N) is 1. The van der Waals surface area contributed by atoms with Crippen molar-refractivity contribution in [3.8, 4) is 23.0 Å². The molecule has 1 saturated heterocycles. The third-order valence-electron chi connectivity index (χ3n) is 13.4. The highest BCUT2D eigenvalue weighted by Gasteiger charge is 2.80. The Morgan fingerprint density at radius 3 is 1.58 bits per heavy atom. The number of halogens is 9. The number of ether oxygens (including phenoxy) is 5.